The molecule has 0 fully saturated rings. The summed E-state index contributed by atoms with van der Waals surface area (Å²) >= 11 is 0. The summed E-state index contributed by atoms with van der Waals surface area (Å²) in [6.07, 6.45) is -8.58. The van der Waals surface area contributed by atoms with E-state index in [9.17, 15) is 26.3 Å². The average Bonchev–Trinajstić information content (AvgIpc) is 3.53. The van der Waals surface area contributed by atoms with Gasteiger partial charge in [-0.2, -0.15) is 38.5 Å². The van der Waals surface area contributed by atoms with E-state index in [0.29, 0.717) is 0 Å². The Morgan fingerprint density at radius 2 is 0.841 bits per heavy atom. The van der Waals surface area contributed by atoms with E-state index in [-0.39, 0.29) is 26.2 Å². The molecule has 0 aliphatic rings. The van der Waals surface area contributed by atoms with Crippen molar-refractivity contribution in [1.82, 2.24) is 0 Å². The molecule has 0 saturated heterocycles. The molecule has 44 heavy (non-hydrogen) atoms. The summed E-state index contributed by atoms with van der Waals surface area (Å²) in [6.45, 7) is 8.44. The van der Waals surface area contributed by atoms with Crippen molar-refractivity contribution in [2.75, 3.05) is 0 Å². The maximum Gasteiger partial charge on any atom is 2.00 e. The van der Waals surface area contributed by atoms with E-state index in [2.05, 4.69) is 37.4 Å². The van der Waals surface area contributed by atoms with Crippen molar-refractivity contribution in [3.05, 3.63) is 131 Å². The van der Waals surface area contributed by atoms with E-state index < -0.39 is 23.5 Å². The van der Waals surface area contributed by atoms with Crippen LogP contribution in [-0.4, -0.2) is 9.52 Å². The molecule has 0 aliphatic heterocycles. The van der Waals surface area contributed by atoms with Gasteiger partial charge in [0.05, 0.1) is 11.1 Å². The van der Waals surface area contributed by atoms with Crippen LogP contribution in [0.2, 0.25) is 13.1 Å². The second-order valence-electron chi connectivity index (χ2n) is 10.4. The zero-order valence-corrected chi connectivity index (χ0v) is 28.4. The van der Waals surface area contributed by atoms with E-state index in [4.69, 9.17) is 0 Å². The van der Waals surface area contributed by atoms with E-state index >= 15 is 0 Å². The Kier molecular flexibility index (Phi) is 11.8. The minimum atomic E-state index is -4.29. The maximum absolute atomic E-state index is 12.6. The third-order valence-corrected chi connectivity index (χ3v) is 6.84. The first-order chi connectivity index (χ1) is 20.3. The molecule has 225 valence electrons. The predicted octanol–water partition coefficient (Wildman–Crippen LogP) is 11.6. The summed E-state index contributed by atoms with van der Waals surface area (Å²) in [5, 5.41) is 4.37. The van der Waals surface area contributed by atoms with Crippen LogP contribution < -0.4 is 0 Å². The molecule has 0 nitrogen and oxygen atoms in total. The maximum atomic E-state index is 12.6. The summed E-state index contributed by atoms with van der Waals surface area (Å²) in [6, 6.07) is 30.6. The molecule has 6 aromatic carbocycles. The van der Waals surface area contributed by atoms with Gasteiger partial charge in [-0.05, 0) is 35.4 Å². The van der Waals surface area contributed by atoms with Gasteiger partial charge in [0.15, 0.2) is 0 Å². The molecule has 0 spiro atoms. The number of alkyl halides is 6. The molecule has 0 amide bonds. The Bertz CT molecular complexity index is 1660. The van der Waals surface area contributed by atoms with Gasteiger partial charge in [-0.15, -0.1) is 69.1 Å². The van der Waals surface area contributed by atoms with Gasteiger partial charge < -0.3 is 0 Å². The van der Waals surface area contributed by atoms with Crippen LogP contribution >= 0.6 is 0 Å². The fourth-order valence-corrected chi connectivity index (χ4v) is 4.95. The molecule has 0 unspecified atom stereocenters. The van der Waals surface area contributed by atoms with Crippen LogP contribution in [0.4, 0.5) is 26.3 Å². The second kappa shape index (κ2) is 14.7. The molecular formula is C36H31F6SiZr. The predicted molar refractivity (Wildman–Crippen MR) is 168 cm³/mol. The summed E-state index contributed by atoms with van der Waals surface area (Å²) < 4.78 is 75.5. The van der Waals surface area contributed by atoms with Gasteiger partial charge in [-0.25, -0.2) is 0 Å². The van der Waals surface area contributed by atoms with Gasteiger partial charge in [-0.3, -0.25) is 0 Å². The summed E-state index contributed by atoms with van der Waals surface area (Å²) in [5.41, 5.74) is 4.59. The van der Waals surface area contributed by atoms with E-state index in [1.807, 2.05) is 50.2 Å². The number of hydrogen-bond donors (Lipinski definition) is 0. The first-order valence-electron chi connectivity index (χ1n) is 13.7. The molecule has 6 aromatic rings. The van der Waals surface area contributed by atoms with E-state index in [1.54, 1.807) is 0 Å². The zero-order chi connectivity index (χ0) is 31.4. The van der Waals surface area contributed by atoms with Gasteiger partial charge in [0.2, 0.25) is 0 Å². The molecule has 0 aromatic heterocycles. The summed E-state index contributed by atoms with van der Waals surface area (Å²) in [5.74, 6) is 0. The molecule has 0 N–H and O–H groups in total. The number of rotatable bonds is 2. The van der Waals surface area contributed by atoms with Crippen LogP contribution in [0.1, 0.15) is 22.3 Å². The van der Waals surface area contributed by atoms with Crippen molar-refractivity contribution in [2.45, 2.75) is 39.3 Å². The monoisotopic (exact) mass is 695 g/mol. The molecule has 6 rings (SSSR count). The van der Waals surface area contributed by atoms with Gasteiger partial charge in [0.25, 0.3) is 0 Å². The number of halogens is 6. The number of hydrogen-bond acceptors (Lipinski definition) is 0. The van der Waals surface area contributed by atoms with Crippen LogP contribution in [0.3, 0.4) is 0 Å². The minimum absolute atomic E-state index is 0. The molecule has 0 aliphatic carbocycles. The molecule has 8 heteroatoms. The van der Waals surface area contributed by atoms with Crippen molar-refractivity contribution >= 4 is 31.1 Å². The minimum Gasteiger partial charge on any atom is -0.166 e. The second-order valence-corrected chi connectivity index (χ2v) is 11.6. The first-order valence-corrected chi connectivity index (χ1v) is 16.0. The van der Waals surface area contributed by atoms with Gasteiger partial charge in [0.1, 0.15) is 0 Å². The van der Waals surface area contributed by atoms with Crippen LogP contribution in [0.25, 0.3) is 43.8 Å². The Morgan fingerprint density at radius 1 is 0.523 bits per heavy atom. The Labute approximate surface area is 275 Å². The number of fused-ring (bicyclic) bond motifs is 2. The molecular weight excluding hydrogens is 666 g/mol. The van der Waals surface area contributed by atoms with Crippen LogP contribution in [0, 0.1) is 13.8 Å². The van der Waals surface area contributed by atoms with Crippen molar-refractivity contribution in [1.29, 1.82) is 0 Å². The van der Waals surface area contributed by atoms with Crippen molar-refractivity contribution in [3.8, 4) is 22.3 Å². The van der Waals surface area contributed by atoms with Crippen LogP contribution in [-0.2, 0) is 38.6 Å². The zero-order valence-electron chi connectivity index (χ0n) is 24.7. The van der Waals surface area contributed by atoms with E-state index in [0.717, 1.165) is 88.7 Å². The standard InChI is InChI=1S/2C17H12F3.C2H7Si.Zr/c2*1-11-9-13-3-2-4-15(16(13)10-11)12-5-7-14(8-6-12)17(18,19)20;1-3-2;/h2*2-10H,1H3;3H,1-2H3;/q2*-1;;+2. The summed E-state index contributed by atoms with van der Waals surface area (Å²) in [7, 11) is 0.750. The van der Waals surface area contributed by atoms with Crippen molar-refractivity contribution in [2.24, 2.45) is 0 Å². The average molecular weight is 697 g/mol. The van der Waals surface area contributed by atoms with Crippen LogP contribution in [0.5, 0.6) is 0 Å². The third kappa shape index (κ3) is 8.48. The van der Waals surface area contributed by atoms with Gasteiger partial charge in [-0.1, -0.05) is 74.5 Å². The number of aryl methyl sites for hydroxylation is 2. The number of benzene rings is 4. The fourth-order valence-electron chi connectivity index (χ4n) is 4.95. The van der Waals surface area contributed by atoms with Crippen molar-refractivity contribution < 1.29 is 52.5 Å². The van der Waals surface area contributed by atoms with Crippen LogP contribution in [0.15, 0.2) is 109 Å². The molecule has 1 radical (unpaired) electrons. The normalized spacial score (nSPS) is 11.3. The Hall–Kier alpha value is -3.22. The molecule has 0 heterocycles. The Balaban J connectivity index is 0.000000216. The van der Waals surface area contributed by atoms with Gasteiger partial charge in [0, 0.05) is 9.52 Å². The Morgan fingerprint density at radius 3 is 1.14 bits per heavy atom. The third-order valence-electron chi connectivity index (χ3n) is 6.84. The largest absolute Gasteiger partial charge is 2.00 e. The molecule has 0 atom stereocenters. The fraction of sp³-hybridized carbons (Fsp3) is 0.167. The molecule has 0 bridgehead atoms. The summed E-state index contributed by atoms with van der Waals surface area (Å²) in [4.78, 5) is 0. The topological polar surface area (TPSA) is 0 Å². The first kappa shape index (κ1) is 35.3. The quantitative estimate of drug-likeness (QED) is 0.0960. The van der Waals surface area contributed by atoms with E-state index in [1.165, 1.54) is 24.3 Å². The smallest absolute Gasteiger partial charge is 0.166 e. The van der Waals surface area contributed by atoms with Gasteiger partial charge >= 0.3 is 38.6 Å². The van der Waals surface area contributed by atoms with Crippen molar-refractivity contribution in [3.63, 3.8) is 0 Å². The molecule has 0 saturated carbocycles. The SMILES string of the molecule is C[SiH]C.Cc1cc2c(-c3ccc(C(F)(F)F)cc3)cccc2[cH-]1.Cc1cc2c(-c3ccc(C(F)(F)F)cc3)cccc2[cH-]1.[Zr+2].